The molecule has 0 aliphatic rings. The van der Waals surface area contributed by atoms with Gasteiger partial charge in [0.05, 0.1) is 0 Å². The Balaban J connectivity index is 3.70. The quantitative estimate of drug-likeness (QED) is 0.627. The van der Waals surface area contributed by atoms with Gasteiger partial charge in [-0.15, -0.1) is 0 Å². The average Bonchev–Trinajstić information content (AvgIpc) is 2.24. The molecule has 0 aromatic heterocycles. The van der Waals surface area contributed by atoms with E-state index in [0.717, 1.165) is 0 Å². The minimum absolute atomic E-state index is 1.07. The smallest absolute Gasteiger partial charge is 0.122 e. The van der Waals surface area contributed by atoms with Crippen LogP contribution in [-0.2, 0) is 0 Å². The van der Waals surface area contributed by atoms with Gasteiger partial charge in [0.2, 0.25) is 0 Å². The fraction of sp³-hybridized carbons (Fsp3) is 1.00. The van der Waals surface area contributed by atoms with E-state index < -0.39 is 8.24 Å². The van der Waals surface area contributed by atoms with Gasteiger partial charge in [-0.05, 0) is 25.2 Å². The molecule has 0 saturated heterocycles. The van der Waals surface area contributed by atoms with Crippen LogP contribution < -0.4 is 4.98 Å². The highest BCUT2D eigenvalue weighted by Crippen LogP contribution is 2.09. The van der Waals surface area contributed by atoms with Crippen LogP contribution in [0.3, 0.4) is 0 Å². The van der Waals surface area contributed by atoms with Crippen molar-refractivity contribution in [2.24, 2.45) is 0 Å². The van der Waals surface area contributed by atoms with Gasteiger partial charge in [0.1, 0.15) is 8.24 Å². The zero-order chi connectivity index (χ0) is 11.0. The van der Waals surface area contributed by atoms with Crippen LogP contribution in [0, 0.1) is 0 Å². The molecule has 0 aromatic carbocycles. The molecular formula is C11H28N2Si. The lowest BCUT2D eigenvalue weighted by molar-refractivity contribution is 0.308. The summed E-state index contributed by atoms with van der Waals surface area (Å²) in [5.74, 6) is 0. The molecule has 14 heavy (non-hydrogen) atoms. The van der Waals surface area contributed by atoms with E-state index in [1.54, 1.807) is 0 Å². The Morgan fingerprint density at radius 3 is 1.86 bits per heavy atom. The molecule has 86 valence electrons. The summed E-state index contributed by atoms with van der Waals surface area (Å²) in [7, 11) is -1.07. The Morgan fingerprint density at radius 2 is 1.50 bits per heavy atom. The van der Waals surface area contributed by atoms with Crippen LogP contribution in [0.25, 0.3) is 0 Å². The van der Waals surface area contributed by atoms with Gasteiger partial charge in [0.15, 0.2) is 0 Å². The standard InChI is InChI=1S/C11H28N2Si/c1-6-13(7-2)11-10-12-14(5,8-3)9-4/h12H,6-11H2,1-5H3. The molecule has 0 atom stereocenters. The van der Waals surface area contributed by atoms with Gasteiger partial charge < -0.3 is 9.88 Å². The van der Waals surface area contributed by atoms with E-state index in [1.165, 1.54) is 38.3 Å². The van der Waals surface area contributed by atoms with Crippen molar-refractivity contribution in [3.05, 3.63) is 0 Å². The van der Waals surface area contributed by atoms with Gasteiger partial charge in [-0.1, -0.05) is 34.2 Å². The van der Waals surface area contributed by atoms with Crippen LogP contribution in [0.5, 0.6) is 0 Å². The maximum Gasteiger partial charge on any atom is 0.122 e. The second-order valence-electron chi connectivity index (χ2n) is 4.22. The predicted molar refractivity (Wildman–Crippen MR) is 68.4 cm³/mol. The van der Waals surface area contributed by atoms with Gasteiger partial charge >= 0.3 is 0 Å². The summed E-state index contributed by atoms with van der Waals surface area (Å²) in [6, 6.07) is 2.70. The lowest BCUT2D eigenvalue weighted by atomic mass is 10.5. The monoisotopic (exact) mass is 216 g/mol. The van der Waals surface area contributed by atoms with Crippen molar-refractivity contribution < 1.29 is 0 Å². The first kappa shape index (κ1) is 14.1. The molecule has 0 aliphatic heterocycles. The molecule has 0 saturated carbocycles. The molecule has 0 radical (unpaired) electrons. The summed E-state index contributed by atoms with van der Waals surface area (Å²) in [4.78, 5) is 6.27. The molecule has 0 unspecified atom stereocenters. The second kappa shape index (κ2) is 7.43. The Labute approximate surface area is 91.2 Å². The number of likely N-dealkylation sites (N-methyl/N-ethyl adjacent to an activating group) is 1. The van der Waals surface area contributed by atoms with Crippen LogP contribution in [-0.4, -0.2) is 39.3 Å². The molecule has 0 aliphatic carbocycles. The minimum atomic E-state index is -1.07. The number of rotatable bonds is 8. The number of hydrogen-bond acceptors (Lipinski definition) is 2. The summed E-state index contributed by atoms with van der Waals surface area (Å²) >= 11 is 0. The molecule has 0 bridgehead atoms. The van der Waals surface area contributed by atoms with Crippen molar-refractivity contribution in [1.29, 1.82) is 0 Å². The lowest BCUT2D eigenvalue weighted by Crippen LogP contribution is -2.49. The highest BCUT2D eigenvalue weighted by molar-refractivity contribution is 6.76. The van der Waals surface area contributed by atoms with E-state index >= 15 is 0 Å². The zero-order valence-corrected chi connectivity index (χ0v) is 11.7. The topological polar surface area (TPSA) is 15.3 Å². The fourth-order valence-corrected chi connectivity index (χ4v) is 3.27. The molecule has 2 nitrogen and oxygen atoms in total. The van der Waals surface area contributed by atoms with E-state index in [9.17, 15) is 0 Å². The molecule has 0 aromatic rings. The fourth-order valence-electron chi connectivity index (χ4n) is 1.56. The third-order valence-electron chi connectivity index (χ3n) is 3.43. The largest absolute Gasteiger partial charge is 0.336 e. The van der Waals surface area contributed by atoms with Crippen molar-refractivity contribution in [3.8, 4) is 0 Å². The van der Waals surface area contributed by atoms with Gasteiger partial charge in [-0.25, -0.2) is 0 Å². The minimum Gasteiger partial charge on any atom is -0.336 e. The van der Waals surface area contributed by atoms with E-state index in [-0.39, 0.29) is 0 Å². The van der Waals surface area contributed by atoms with Crippen molar-refractivity contribution in [3.63, 3.8) is 0 Å². The van der Waals surface area contributed by atoms with Gasteiger partial charge in [0.25, 0.3) is 0 Å². The Hall–Kier alpha value is 0.137. The lowest BCUT2D eigenvalue weighted by Gasteiger charge is -2.27. The SMILES string of the molecule is CCN(CC)CCN[Si](C)(CC)CC. The summed E-state index contributed by atoms with van der Waals surface area (Å²) in [6.45, 7) is 16.3. The van der Waals surface area contributed by atoms with Crippen molar-refractivity contribution in [2.45, 2.75) is 46.3 Å². The van der Waals surface area contributed by atoms with Crippen LogP contribution in [0.2, 0.25) is 18.6 Å². The molecule has 1 N–H and O–H groups in total. The summed E-state index contributed by atoms with van der Waals surface area (Å²) in [5.41, 5.74) is 0. The third-order valence-corrected chi connectivity index (χ3v) is 7.66. The Kier molecular flexibility index (Phi) is 7.50. The number of nitrogens with one attached hydrogen (secondary N) is 1. The summed E-state index contributed by atoms with van der Waals surface area (Å²) < 4.78 is 0. The molecule has 0 rings (SSSR count). The van der Waals surface area contributed by atoms with Crippen LogP contribution in [0.15, 0.2) is 0 Å². The third kappa shape index (κ3) is 5.13. The highest BCUT2D eigenvalue weighted by atomic mass is 28.3. The summed E-state index contributed by atoms with van der Waals surface area (Å²) in [5, 5.41) is 0. The van der Waals surface area contributed by atoms with Gasteiger partial charge in [0, 0.05) is 13.1 Å². The first-order chi connectivity index (χ1) is 6.61. The second-order valence-corrected chi connectivity index (χ2v) is 9.11. The molecule has 0 heterocycles. The molecule has 0 fully saturated rings. The molecular weight excluding hydrogens is 188 g/mol. The maximum atomic E-state index is 3.79. The Bertz CT molecular complexity index is 131. The first-order valence-electron chi connectivity index (χ1n) is 6.09. The van der Waals surface area contributed by atoms with E-state index in [2.05, 4.69) is 44.1 Å². The zero-order valence-electron chi connectivity index (χ0n) is 10.7. The van der Waals surface area contributed by atoms with Crippen molar-refractivity contribution >= 4 is 8.24 Å². The van der Waals surface area contributed by atoms with Gasteiger partial charge in [-0.3, -0.25) is 0 Å². The Morgan fingerprint density at radius 1 is 1.00 bits per heavy atom. The molecule has 0 amide bonds. The van der Waals surface area contributed by atoms with E-state index in [0.29, 0.717) is 0 Å². The van der Waals surface area contributed by atoms with Crippen LogP contribution in [0.1, 0.15) is 27.7 Å². The van der Waals surface area contributed by atoms with Crippen LogP contribution >= 0.6 is 0 Å². The maximum absolute atomic E-state index is 3.79. The highest BCUT2D eigenvalue weighted by Gasteiger charge is 2.21. The molecule has 0 spiro atoms. The molecule has 3 heteroatoms. The van der Waals surface area contributed by atoms with Gasteiger partial charge in [-0.2, -0.15) is 0 Å². The van der Waals surface area contributed by atoms with Crippen molar-refractivity contribution in [2.75, 3.05) is 26.2 Å². The first-order valence-corrected chi connectivity index (χ1v) is 9.00. The number of hydrogen-bond donors (Lipinski definition) is 1. The van der Waals surface area contributed by atoms with Crippen molar-refractivity contribution in [1.82, 2.24) is 9.88 Å². The van der Waals surface area contributed by atoms with E-state index in [1.807, 2.05) is 0 Å². The number of nitrogens with zero attached hydrogens (tertiary/aromatic N) is 1. The normalized spacial score (nSPS) is 12.4. The van der Waals surface area contributed by atoms with E-state index in [4.69, 9.17) is 0 Å². The van der Waals surface area contributed by atoms with Crippen LogP contribution in [0.4, 0.5) is 0 Å². The summed E-state index contributed by atoms with van der Waals surface area (Å²) in [6.07, 6.45) is 0. The predicted octanol–water partition coefficient (Wildman–Crippen LogP) is 2.53. The average molecular weight is 216 g/mol.